The van der Waals surface area contributed by atoms with Crippen molar-refractivity contribution in [3.63, 3.8) is 0 Å². The number of carbonyl (C=O) groups is 2. The van der Waals surface area contributed by atoms with Gasteiger partial charge in [-0.2, -0.15) is 0 Å². The van der Waals surface area contributed by atoms with Crippen LogP contribution >= 0.6 is 0 Å². The number of carbonyl (C=O) groups excluding carboxylic acids is 2. The van der Waals surface area contributed by atoms with E-state index in [9.17, 15) is 9.59 Å². The van der Waals surface area contributed by atoms with Gasteiger partial charge in [-0.15, -0.1) is 0 Å². The Morgan fingerprint density at radius 2 is 1.39 bits per heavy atom. The zero-order chi connectivity index (χ0) is 19.5. The van der Waals surface area contributed by atoms with E-state index in [-0.39, 0.29) is 11.8 Å². The van der Waals surface area contributed by atoms with Crippen molar-refractivity contribution in [2.75, 3.05) is 16.0 Å². The summed E-state index contributed by atoms with van der Waals surface area (Å²) in [5, 5.41) is 9.07. The van der Waals surface area contributed by atoms with Crippen LogP contribution in [0, 0.1) is 0 Å². The molecule has 2 amide bonds. The van der Waals surface area contributed by atoms with E-state index in [1.807, 2.05) is 78.9 Å². The number of amides is 2. The van der Waals surface area contributed by atoms with Crippen molar-refractivity contribution < 1.29 is 9.59 Å². The van der Waals surface area contributed by atoms with E-state index in [1.165, 1.54) is 6.92 Å². The zero-order valence-corrected chi connectivity index (χ0v) is 15.3. The van der Waals surface area contributed by atoms with Crippen molar-refractivity contribution in [1.82, 2.24) is 0 Å². The van der Waals surface area contributed by atoms with E-state index in [2.05, 4.69) is 16.0 Å². The van der Waals surface area contributed by atoms with Gasteiger partial charge in [-0.25, -0.2) is 0 Å². The second-order valence-electron chi connectivity index (χ2n) is 6.50. The molecule has 0 spiro atoms. The van der Waals surface area contributed by atoms with Crippen LogP contribution in [-0.2, 0) is 9.59 Å². The third kappa shape index (κ3) is 3.50. The molecule has 3 N–H and O–H groups in total. The first-order chi connectivity index (χ1) is 13.6. The summed E-state index contributed by atoms with van der Waals surface area (Å²) in [6.45, 7) is 1.47. The zero-order valence-electron chi connectivity index (χ0n) is 15.3. The second-order valence-corrected chi connectivity index (χ2v) is 6.50. The van der Waals surface area contributed by atoms with Crippen LogP contribution in [0.3, 0.4) is 0 Å². The Labute approximate surface area is 163 Å². The summed E-state index contributed by atoms with van der Waals surface area (Å²) in [7, 11) is 0. The summed E-state index contributed by atoms with van der Waals surface area (Å²) in [5.74, 6) is -0.255. The van der Waals surface area contributed by atoms with Gasteiger partial charge in [0.05, 0.1) is 11.3 Å². The van der Waals surface area contributed by atoms with Crippen LogP contribution in [0.25, 0.3) is 11.3 Å². The average molecular weight is 369 g/mol. The van der Waals surface area contributed by atoms with Gasteiger partial charge in [0.15, 0.2) is 0 Å². The fourth-order valence-corrected chi connectivity index (χ4v) is 3.23. The number of fused-ring (bicyclic) bond motifs is 1. The monoisotopic (exact) mass is 369 g/mol. The number of hydrogen-bond donors (Lipinski definition) is 3. The lowest BCUT2D eigenvalue weighted by Gasteiger charge is -2.15. The Balaban J connectivity index is 1.78. The maximum absolute atomic E-state index is 12.8. The Kier molecular flexibility index (Phi) is 4.64. The lowest BCUT2D eigenvalue weighted by atomic mass is 10.00. The topological polar surface area (TPSA) is 70.2 Å². The van der Waals surface area contributed by atoms with Crippen LogP contribution in [0.1, 0.15) is 18.1 Å². The lowest BCUT2D eigenvalue weighted by Crippen LogP contribution is -2.10. The molecule has 0 bridgehead atoms. The van der Waals surface area contributed by atoms with E-state index in [4.69, 9.17) is 0 Å². The van der Waals surface area contributed by atoms with Crippen molar-refractivity contribution in [2.45, 2.75) is 6.92 Å². The molecule has 4 rings (SSSR count). The SMILES string of the molecule is CC(=O)Nc1ccc(NC(=C2C(=O)Nc3ccccc32)c2ccccc2)cc1. The van der Waals surface area contributed by atoms with Gasteiger partial charge in [-0.05, 0) is 35.9 Å². The summed E-state index contributed by atoms with van der Waals surface area (Å²) in [4.78, 5) is 24.0. The van der Waals surface area contributed by atoms with Crippen molar-refractivity contribution in [3.8, 4) is 0 Å². The third-order valence-corrected chi connectivity index (χ3v) is 4.46. The van der Waals surface area contributed by atoms with Gasteiger partial charge >= 0.3 is 0 Å². The van der Waals surface area contributed by atoms with E-state index in [0.717, 1.165) is 33.9 Å². The highest BCUT2D eigenvalue weighted by Gasteiger charge is 2.27. The van der Waals surface area contributed by atoms with Gasteiger partial charge in [0.1, 0.15) is 0 Å². The highest BCUT2D eigenvalue weighted by Crippen LogP contribution is 2.37. The number of anilines is 3. The van der Waals surface area contributed by atoms with Crippen LogP contribution < -0.4 is 16.0 Å². The van der Waals surface area contributed by atoms with Gasteiger partial charge in [0.2, 0.25) is 5.91 Å². The van der Waals surface area contributed by atoms with Crippen LogP contribution in [0.15, 0.2) is 78.9 Å². The minimum absolute atomic E-state index is 0.118. The summed E-state index contributed by atoms with van der Waals surface area (Å²) in [6.07, 6.45) is 0. The lowest BCUT2D eigenvalue weighted by molar-refractivity contribution is -0.114. The van der Waals surface area contributed by atoms with Crippen LogP contribution in [0.4, 0.5) is 17.1 Å². The second kappa shape index (κ2) is 7.40. The molecule has 3 aromatic rings. The first kappa shape index (κ1) is 17.5. The number of benzene rings is 3. The van der Waals surface area contributed by atoms with Crippen LogP contribution in [0.5, 0.6) is 0 Å². The molecule has 3 aromatic carbocycles. The average Bonchev–Trinajstić information content (AvgIpc) is 3.03. The first-order valence-electron chi connectivity index (χ1n) is 8.97. The molecule has 0 unspecified atom stereocenters. The number of rotatable bonds is 4. The molecule has 0 radical (unpaired) electrons. The fraction of sp³-hybridized carbons (Fsp3) is 0.0435. The molecule has 0 saturated heterocycles. The standard InChI is InChI=1S/C23H19N3O2/c1-15(27)24-17-11-13-18(14-12-17)25-22(16-7-3-2-4-8-16)21-19-9-5-6-10-20(19)26-23(21)28/h2-14,25H,1H3,(H,24,27)(H,26,28). The third-order valence-electron chi connectivity index (χ3n) is 4.46. The molecule has 138 valence electrons. The molecule has 0 aliphatic carbocycles. The molecule has 0 saturated carbocycles. The maximum atomic E-state index is 12.8. The number of nitrogens with one attached hydrogen (secondary N) is 3. The molecule has 5 heteroatoms. The first-order valence-corrected chi connectivity index (χ1v) is 8.97. The summed E-state index contributed by atoms with van der Waals surface area (Å²) < 4.78 is 0. The smallest absolute Gasteiger partial charge is 0.258 e. The molecule has 5 nitrogen and oxygen atoms in total. The van der Waals surface area contributed by atoms with Crippen molar-refractivity contribution >= 4 is 40.1 Å². The molecular weight excluding hydrogens is 350 g/mol. The van der Waals surface area contributed by atoms with Crippen LogP contribution in [0.2, 0.25) is 0 Å². The minimum atomic E-state index is -0.137. The predicted molar refractivity (Wildman–Crippen MR) is 113 cm³/mol. The molecule has 0 fully saturated rings. The fourth-order valence-electron chi connectivity index (χ4n) is 3.23. The molecule has 28 heavy (non-hydrogen) atoms. The molecule has 1 aliphatic heterocycles. The van der Waals surface area contributed by atoms with Crippen molar-refractivity contribution in [1.29, 1.82) is 0 Å². The summed E-state index contributed by atoms with van der Waals surface area (Å²) in [5.41, 5.74) is 5.46. The number of hydrogen-bond acceptors (Lipinski definition) is 3. The van der Waals surface area contributed by atoms with Gasteiger partial charge in [-0.3, -0.25) is 9.59 Å². The normalized spacial score (nSPS) is 14.1. The molecule has 0 aromatic heterocycles. The van der Waals surface area contributed by atoms with E-state index in [0.29, 0.717) is 5.57 Å². The molecular formula is C23H19N3O2. The van der Waals surface area contributed by atoms with E-state index >= 15 is 0 Å². The van der Waals surface area contributed by atoms with Gasteiger partial charge in [0, 0.05) is 29.5 Å². The van der Waals surface area contributed by atoms with Crippen molar-refractivity contribution in [3.05, 3.63) is 90.0 Å². The van der Waals surface area contributed by atoms with E-state index < -0.39 is 0 Å². The number of para-hydroxylation sites is 1. The predicted octanol–water partition coefficient (Wildman–Crippen LogP) is 4.58. The minimum Gasteiger partial charge on any atom is -0.354 e. The summed E-state index contributed by atoms with van der Waals surface area (Å²) in [6, 6.07) is 24.8. The van der Waals surface area contributed by atoms with Crippen LogP contribution in [-0.4, -0.2) is 11.8 Å². The van der Waals surface area contributed by atoms with Gasteiger partial charge in [-0.1, -0.05) is 48.5 Å². The Morgan fingerprint density at radius 3 is 2.07 bits per heavy atom. The molecule has 0 atom stereocenters. The molecule has 1 aliphatic rings. The van der Waals surface area contributed by atoms with Gasteiger partial charge < -0.3 is 16.0 Å². The Bertz CT molecular complexity index is 1070. The highest BCUT2D eigenvalue weighted by atomic mass is 16.2. The summed E-state index contributed by atoms with van der Waals surface area (Å²) >= 11 is 0. The Morgan fingerprint density at radius 1 is 0.786 bits per heavy atom. The largest absolute Gasteiger partial charge is 0.354 e. The molecule has 1 heterocycles. The van der Waals surface area contributed by atoms with Gasteiger partial charge in [0.25, 0.3) is 5.91 Å². The highest BCUT2D eigenvalue weighted by molar-refractivity contribution is 6.37. The quantitative estimate of drug-likeness (QED) is 0.590. The van der Waals surface area contributed by atoms with E-state index in [1.54, 1.807) is 0 Å². The maximum Gasteiger partial charge on any atom is 0.258 e. The van der Waals surface area contributed by atoms with Crippen molar-refractivity contribution in [2.24, 2.45) is 0 Å². The Hall–Kier alpha value is -3.86.